The van der Waals surface area contributed by atoms with E-state index in [9.17, 15) is 14.7 Å². The predicted octanol–water partition coefficient (Wildman–Crippen LogP) is 1.19. The molecule has 34 heavy (non-hydrogen) atoms. The molecule has 0 amide bonds. The second-order valence-electron chi connectivity index (χ2n) is 8.42. The second-order valence-corrected chi connectivity index (χ2v) is 8.42. The molecule has 3 aliphatic rings. The molecule has 2 aromatic rings. The van der Waals surface area contributed by atoms with Crippen molar-refractivity contribution in [2.24, 2.45) is 5.92 Å². The van der Waals surface area contributed by atoms with Crippen molar-refractivity contribution in [1.82, 2.24) is 9.88 Å². The molecule has 3 fully saturated rings. The standard InChI is InChI=1S/C20H24N2O2.C4H6O6/c1-3-13-12-22-9-7-14(13)10-19(22)20(23)16-6-8-21-18-5-4-15(24-2)11-17(16)18;5-1(3(7)8)2(6)4(9)10/h3-6,8,11,14,19-20,23H,7,9-10,12H2,1-2H3;1-2,5-6H,(H,7,8)(H,9,10)/b13-3+;/t14-,19?,20+;1-,2-/m01/s1. The number of carboxylic acid groups (broad SMARTS) is 2. The number of piperidine rings is 3. The van der Waals surface area contributed by atoms with Crippen molar-refractivity contribution >= 4 is 22.8 Å². The van der Waals surface area contributed by atoms with Crippen LogP contribution in [0.5, 0.6) is 5.75 Å². The van der Waals surface area contributed by atoms with Crippen LogP contribution in [0.4, 0.5) is 0 Å². The Morgan fingerprint density at radius 3 is 2.35 bits per heavy atom. The Hall–Kier alpha value is -3.05. The van der Waals surface area contributed by atoms with Crippen molar-refractivity contribution in [2.75, 3.05) is 20.2 Å². The number of pyridine rings is 1. The van der Waals surface area contributed by atoms with Gasteiger partial charge in [0.15, 0.2) is 12.2 Å². The predicted molar refractivity (Wildman–Crippen MR) is 122 cm³/mol. The highest BCUT2D eigenvalue weighted by molar-refractivity contribution is 5.84. The van der Waals surface area contributed by atoms with Gasteiger partial charge >= 0.3 is 11.9 Å². The summed E-state index contributed by atoms with van der Waals surface area (Å²) in [4.78, 5) is 26.4. The van der Waals surface area contributed by atoms with Crippen molar-refractivity contribution < 1.29 is 39.9 Å². The van der Waals surface area contributed by atoms with E-state index in [1.807, 2.05) is 24.3 Å². The normalized spacial score (nSPS) is 25.2. The smallest absolute Gasteiger partial charge is 0.335 e. The summed E-state index contributed by atoms with van der Waals surface area (Å²) >= 11 is 0. The molecule has 3 saturated heterocycles. The van der Waals surface area contributed by atoms with Crippen LogP contribution in [0.1, 0.15) is 31.4 Å². The van der Waals surface area contributed by atoms with Crippen molar-refractivity contribution in [3.63, 3.8) is 0 Å². The number of hydrogen-bond donors (Lipinski definition) is 5. The third-order valence-corrected chi connectivity index (χ3v) is 6.51. The van der Waals surface area contributed by atoms with E-state index in [1.54, 1.807) is 13.3 Å². The molecule has 0 radical (unpaired) electrons. The van der Waals surface area contributed by atoms with Crippen LogP contribution in [0.3, 0.4) is 0 Å². The van der Waals surface area contributed by atoms with E-state index in [1.165, 1.54) is 12.0 Å². The number of fused-ring (bicyclic) bond motifs is 4. The molecule has 2 bridgehead atoms. The molecular weight excluding hydrogens is 444 g/mol. The minimum atomic E-state index is -2.27. The van der Waals surface area contributed by atoms with Gasteiger partial charge in [0.1, 0.15) is 5.75 Å². The monoisotopic (exact) mass is 474 g/mol. The first-order valence-electron chi connectivity index (χ1n) is 11.0. The van der Waals surface area contributed by atoms with E-state index >= 15 is 0 Å². The van der Waals surface area contributed by atoms with Crippen molar-refractivity contribution in [1.29, 1.82) is 0 Å². The number of aliphatic carboxylic acids is 2. The SMILES string of the molecule is C/C=C1\CN2CC[C@H]1CC2[C@H](O)c1ccnc2ccc(OC)cc12.O=C(O)[C@H](O)[C@@H](O)C(=O)O. The maximum atomic E-state index is 11.2. The van der Waals surface area contributed by atoms with Crippen molar-refractivity contribution in [3.05, 3.63) is 47.7 Å². The highest BCUT2D eigenvalue weighted by atomic mass is 16.5. The average Bonchev–Trinajstić information content (AvgIpc) is 2.86. The molecule has 0 aliphatic carbocycles. The van der Waals surface area contributed by atoms with Crippen molar-refractivity contribution in [3.8, 4) is 5.75 Å². The highest BCUT2D eigenvalue weighted by Gasteiger charge is 2.40. The van der Waals surface area contributed by atoms with Gasteiger partial charge in [-0.25, -0.2) is 9.59 Å². The molecule has 6 atom stereocenters. The number of ether oxygens (including phenoxy) is 1. The minimum Gasteiger partial charge on any atom is -0.497 e. The average molecular weight is 475 g/mol. The number of carbonyl (C=O) groups is 2. The zero-order chi connectivity index (χ0) is 25.0. The Morgan fingerprint density at radius 2 is 1.82 bits per heavy atom. The fourth-order valence-electron chi connectivity index (χ4n) is 4.61. The van der Waals surface area contributed by atoms with E-state index in [2.05, 4.69) is 22.9 Å². The number of allylic oxidation sites excluding steroid dienone is 1. The van der Waals surface area contributed by atoms with Crippen LogP contribution in [0.2, 0.25) is 0 Å². The van der Waals surface area contributed by atoms with Gasteiger partial charge in [-0.2, -0.15) is 0 Å². The summed E-state index contributed by atoms with van der Waals surface area (Å²) in [7, 11) is 1.66. The van der Waals surface area contributed by atoms with Gasteiger partial charge in [0.2, 0.25) is 0 Å². The Labute approximate surface area is 196 Å². The van der Waals surface area contributed by atoms with Gasteiger partial charge in [-0.15, -0.1) is 0 Å². The third-order valence-electron chi connectivity index (χ3n) is 6.51. The van der Waals surface area contributed by atoms with Gasteiger partial charge in [-0.3, -0.25) is 9.88 Å². The maximum absolute atomic E-state index is 11.2. The first-order valence-corrected chi connectivity index (χ1v) is 11.0. The molecule has 3 aliphatic heterocycles. The van der Waals surface area contributed by atoms with E-state index in [0.29, 0.717) is 5.92 Å². The molecule has 2 unspecified atom stereocenters. The molecule has 4 heterocycles. The topological polar surface area (TPSA) is 161 Å². The summed E-state index contributed by atoms with van der Waals surface area (Å²) in [5.74, 6) is -2.11. The van der Waals surface area contributed by atoms with E-state index < -0.39 is 30.3 Å². The second kappa shape index (κ2) is 10.9. The van der Waals surface area contributed by atoms with Gasteiger partial charge in [-0.05, 0) is 62.1 Å². The van der Waals surface area contributed by atoms with Crippen LogP contribution in [-0.4, -0.2) is 85.8 Å². The van der Waals surface area contributed by atoms with Crippen LogP contribution < -0.4 is 4.74 Å². The quantitative estimate of drug-likeness (QED) is 0.385. The lowest BCUT2D eigenvalue weighted by atomic mass is 9.76. The molecular formula is C24H30N2O8. The molecule has 1 aromatic carbocycles. The number of benzene rings is 1. The fourth-order valence-corrected chi connectivity index (χ4v) is 4.61. The van der Waals surface area contributed by atoms with Gasteiger partial charge in [0.05, 0.1) is 18.7 Å². The van der Waals surface area contributed by atoms with Gasteiger partial charge in [0.25, 0.3) is 0 Å². The molecule has 5 N–H and O–H groups in total. The number of aliphatic hydroxyl groups excluding tert-OH is 3. The van der Waals surface area contributed by atoms with Crippen LogP contribution in [0, 0.1) is 5.92 Å². The van der Waals surface area contributed by atoms with Gasteiger partial charge in [0, 0.05) is 24.2 Å². The van der Waals surface area contributed by atoms with Crippen molar-refractivity contribution in [2.45, 2.75) is 44.1 Å². The molecule has 10 nitrogen and oxygen atoms in total. The van der Waals surface area contributed by atoms with E-state index in [4.69, 9.17) is 25.2 Å². The Kier molecular flexibility index (Phi) is 8.21. The zero-order valence-corrected chi connectivity index (χ0v) is 19.0. The van der Waals surface area contributed by atoms with Crippen LogP contribution in [-0.2, 0) is 9.59 Å². The Bertz CT molecular complexity index is 1050. The number of carboxylic acids is 2. The lowest BCUT2D eigenvalue weighted by molar-refractivity contribution is -0.165. The molecule has 0 spiro atoms. The first-order chi connectivity index (χ1) is 16.2. The van der Waals surface area contributed by atoms with Crippen LogP contribution >= 0.6 is 0 Å². The number of hydrogen-bond acceptors (Lipinski definition) is 8. The number of aromatic nitrogens is 1. The number of aliphatic hydroxyl groups is 3. The largest absolute Gasteiger partial charge is 0.497 e. The summed E-state index contributed by atoms with van der Waals surface area (Å²) in [6, 6.07) is 7.98. The zero-order valence-electron chi connectivity index (χ0n) is 19.0. The molecule has 184 valence electrons. The molecule has 5 rings (SSSR count). The van der Waals surface area contributed by atoms with Gasteiger partial charge in [-0.1, -0.05) is 11.6 Å². The summed E-state index contributed by atoms with van der Waals surface area (Å²) < 4.78 is 5.35. The number of nitrogens with zero attached hydrogens (tertiary/aromatic N) is 2. The maximum Gasteiger partial charge on any atom is 0.335 e. The van der Waals surface area contributed by atoms with Gasteiger partial charge < -0.3 is 30.3 Å². The first kappa shape index (κ1) is 25.6. The minimum absolute atomic E-state index is 0.184. The summed E-state index contributed by atoms with van der Waals surface area (Å²) in [5, 5.41) is 44.7. The molecule has 0 saturated carbocycles. The lowest BCUT2D eigenvalue weighted by Crippen LogP contribution is -2.52. The lowest BCUT2D eigenvalue weighted by Gasteiger charge is -2.48. The summed E-state index contributed by atoms with van der Waals surface area (Å²) in [5.41, 5.74) is 3.39. The fraction of sp³-hybridized carbons (Fsp3) is 0.458. The number of methoxy groups -OCH3 is 1. The molecule has 1 aromatic heterocycles. The summed E-state index contributed by atoms with van der Waals surface area (Å²) in [6.45, 7) is 4.20. The summed E-state index contributed by atoms with van der Waals surface area (Å²) in [6.07, 6.45) is 1.27. The van der Waals surface area contributed by atoms with E-state index in [-0.39, 0.29) is 6.04 Å². The molecule has 10 heteroatoms. The Morgan fingerprint density at radius 1 is 1.15 bits per heavy atom. The Balaban J connectivity index is 0.000000277. The van der Waals surface area contributed by atoms with E-state index in [0.717, 1.165) is 41.7 Å². The number of rotatable bonds is 6. The third kappa shape index (κ3) is 5.36. The van der Waals surface area contributed by atoms with Crippen LogP contribution in [0.25, 0.3) is 10.9 Å². The van der Waals surface area contributed by atoms with Crippen LogP contribution in [0.15, 0.2) is 42.1 Å². The highest BCUT2D eigenvalue weighted by Crippen LogP contribution is 2.41.